The Morgan fingerprint density at radius 1 is 1.43 bits per heavy atom. The molecule has 1 saturated carbocycles. The minimum atomic E-state index is -3.50. The molecule has 0 aliphatic heterocycles. The summed E-state index contributed by atoms with van der Waals surface area (Å²) in [5.74, 6) is 5.59. The van der Waals surface area contributed by atoms with E-state index in [0.717, 1.165) is 12.8 Å². The molecule has 1 fully saturated rings. The van der Waals surface area contributed by atoms with Crippen molar-refractivity contribution in [3.63, 3.8) is 0 Å². The fourth-order valence-electron chi connectivity index (χ4n) is 2.07. The third-order valence-electron chi connectivity index (χ3n) is 3.25. The first-order chi connectivity index (χ1) is 10.1. The van der Waals surface area contributed by atoms with E-state index in [9.17, 15) is 8.42 Å². The lowest BCUT2D eigenvalue weighted by molar-refractivity contribution is 0.177. The van der Waals surface area contributed by atoms with Crippen molar-refractivity contribution in [3.8, 4) is 11.8 Å². The summed E-state index contributed by atoms with van der Waals surface area (Å²) in [6.45, 7) is 1.02. The lowest BCUT2D eigenvalue weighted by Crippen LogP contribution is -2.35. The Morgan fingerprint density at radius 3 is 2.81 bits per heavy atom. The molecule has 1 aromatic rings. The highest BCUT2D eigenvalue weighted by molar-refractivity contribution is 7.89. The van der Waals surface area contributed by atoms with Crippen LogP contribution in [0, 0.1) is 11.8 Å². The van der Waals surface area contributed by atoms with E-state index in [1.165, 1.54) is 4.31 Å². The highest BCUT2D eigenvalue weighted by atomic mass is 32.2. The van der Waals surface area contributed by atoms with Crippen molar-refractivity contribution in [2.75, 3.05) is 26.8 Å². The normalized spacial score (nSPS) is 14.8. The molecule has 0 atom stereocenters. The summed E-state index contributed by atoms with van der Waals surface area (Å²) in [4.78, 5) is 0.273. The van der Waals surface area contributed by atoms with E-state index in [1.807, 2.05) is 0 Å². The lowest BCUT2D eigenvalue weighted by atomic mass is 10.2. The molecule has 0 aromatic heterocycles. The molecule has 1 aliphatic rings. The van der Waals surface area contributed by atoms with Crippen LogP contribution in [-0.4, -0.2) is 45.6 Å². The van der Waals surface area contributed by atoms with Crippen LogP contribution in [0.5, 0.6) is 0 Å². The Balaban J connectivity index is 2.28. The summed E-state index contributed by atoms with van der Waals surface area (Å²) in [5.41, 5.74) is 5.99. The molecule has 2 N–H and O–H groups in total. The van der Waals surface area contributed by atoms with Crippen molar-refractivity contribution in [2.24, 2.45) is 5.73 Å². The van der Waals surface area contributed by atoms with Crippen molar-refractivity contribution < 1.29 is 13.2 Å². The molecule has 5 nitrogen and oxygen atoms in total. The predicted octanol–water partition coefficient (Wildman–Crippen LogP) is 0.796. The molecule has 0 bridgehead atoms. The van der Waals surface area contributed by atoms with Gasteiger partial charge in [-0.3, -0.25) is 0 Å². The molecule has 6 heteroatoms. The van der Waals surface area contributed by atoms with Gasteiger partial charge < -0.3 is 10.5 Å². The smallest absolute Gasteiger partial charge is 0.243 e. The van der Waals surface area contributed by atoms with Crippen molar-refractivity contribution >= 4 is 10.0 Å². The Hall–Kier alpha value is -1.39. The highest BCUT2D eigenvalue weighted by Crippen LogP contribution is 2.31. The number of benzene rings is 1. The SMILES string of the molecule is COCCN(C1CC1)S(=O)(=O)c1cccc(C#CCN)c1. The van der Waals surface area contributed by atoms with E-state index in [1.54, 1.807) is 31.4 Å². The molecule has 1 aromatic carbocycles. The number of methoxy groups -OCH3 is 1. The topological polar surface area (TPSA) is 72.6 Å². The minimum absolute atomic E-state index is 0.101. The summed E-state index contributed by atoms with van der Waals surface area (Å²) < 4.78 is 32.0. The second-order valence-corrected chi connectivity index (χ2v) is 6.76. The Bertz CT molecular complexity index is 642. The van der Waals surface area contributed by atoms with E-state index >= 15 is 0 Å². The first-order valence-corrected chi connectivity index (χ1v) is 8.33. The van der Waals surface area contributed by atoms with Crippen molar-refractivity contribution in [1.29, 1.82) is 0 Å². The fraction of sp³-hybridized carbons (Fsp3) is 0.467. The molecule has 0 unspecified atom stereocenters. The standard InChI is InChI=1S/C15H20N2O3S/c1-20-11-10-17(14-7-8-14)21(18,19)15-6-2-4-13(12-15)5-3-9-16/h2,4,6,12,14H,7-11,16H2,1H3. The maximum Gasteiger partial charge on any atom is 0.243 e. The molecule has 1 aliphatic carbocycles. The van der Waals surface area contributed by atoms with E-state index in [2.05, 4.69) is 11.8 Å². The first-order valence-electron chi connectivity index (χ1n) is 6.89. The second kappa shape index (κ2) is 7.05. The van der Waals surface area contributed by atoms with Crippen LogP contribution in [0.2, 0.25) is 0 Å². The van der Waals surface area contributed by atoms with Gasteiger partial charge >= 0.3 is 0 Å². The fourth-order valence-corrected chi connectivity index (χ4v) is 3.78. The number of ether oxygens (including phenoxy) is 1. The molecule has 0 amide bonds. The van der Waals surface area contributed by atoms with Crippen LogP contribution in [0.25, 0.3) is 0 Å². The molecule has 0 spiro atoms. The van der Waals surface area contributed by atoms with Gasteiger partial charge in [0.15, 0.2) is 0 Å². The summed E-state index contributed by atoms with van der Waals surface area (Å²) in [5, 5.41) is 0. The van der Waals surface area contributed by atoms with Crippen LogP contribution >= 0.6 is 0 Å². The highest BCUT2D eigenvalue weighted by Gasteiger charge is 2.37. The van der Waals surface area contributed by atoms with Gasteiger partial charge in [-0.15, -0.1) is 0 Å². The zero-order valence-electron chi connectivity index (χ0n) is 12.1. The predicted molar refractivity (Wildman–Crippen MR) is 81.2 cm³/mol. The Kier molecular flexibility index (Phi) is 5.37. The average Bonchev–Trinajstić information content (AvgIpc) is 3.30. The first kappa shape index (κ1) is 16.0. The van der Waals surface area contributed by atoms with Crippen molar-refractivity contribution in [2.45, 2.75) is 23.8 Å². The third kappa shape index (κ3) is 4.05. The lowest BCUT2D eigenvalue weighted by Gasteiger charge is -2.21. The van der Waals surface area contributed by atoms with E-state index < -0.39 is 10.0 Å². The van der Waals surface area contributed by atoms with Crippen molar-refractivity contribution in [3.05, 3.63) is 29.8 Å². The molecule has 0 radical (unpaired) electrons. The number of rotatable bonds is 6. The molecule has 21 heavy (non-hydrogen) atoms. The maximum absolute atomic E-state index is 12.7. The van der Waals surface area contributed by atoms with Crippen molar-refractivity contribution in [1.82, 2.24) is 4.31 Å². The van der Waals surface area contributed by atoms with Crippen LogP contribution in [0.3, 0.4) is 0 Å². The molecule has 0 heterocycles. The Morgan fingerprint density at radius 2 is 2.19 bits per heavy atom. The molecule has 2 rings (SSSR count). The Labute approximate surface area is 126 Å². The monoisotopic (exact) mass is 308 g/mol. The molecule has 0 saturated heterocycles. The van der Waals surface area contributed by atoms with Gasteiger partial charge in [0.2, 0.25) is 10.0 Å². The second-order valence-electron chi connectivity index (χ2n) is 4.87. The summed E-state index contributed by atoms with van der Waals surface area (Å²) in [6.07, 6.45) is 1.82. The minimum Gasteiger partial charge on any atom is -0.383 e. The van der Waals surface area contributed by atoms with E-state index in [0.29, 0.717) is 18.7 Å². The number of hydrogen-bond acceptors (Lipinski definition) is 4. The largest absolute Gasteiger partial charge is 0.383 e. The van der Waals surface area contributed by atoms with Gasteiger partial charge in [-0.05, 0) is 31.0 Å². The van der Waals surface area contributed by atoms with Gasteiger partial charge in [0.25, 0.3) is 0 Å². The number of nitrogens with zero attached hydrogens (tertiary/aromatic N) is 1. The van der Waals surface area contributed by atoms with Crippen LogP contribution in [0.1, 0.15) is 18.4 Å². The summed E-state index contributed by atoms with van der Waals surface area (Å²) >= 11 is 0. The van der Waals surface area contributed by atoms with Crippen LogP contribution < -0.4 is 5.73 Å². The van der Waals surface area contributed by atoms with Gasteiger partial charge in [-0.25, -0.2) is 8.42 Å². The third-order valence-corrected chi connectivity index (χ3v) is 5.19. The molecule has 114 valence electrons. The zero-order chi connectivity index (χ0) is 15.3. The number of nitrogens with two attached hydrogens (primary N) is 1. The van der Waals surface area contributed by atoms with E-state index in [4.69, 9.17) is 10.5 Å². The summed E-state index contributed by atoms with van der Waals surface area (Å²) in [7, 11) is -1.93. The van der Waals surface area contributed by atoms with Gasteiger partial charge in [0.05, 0.1) is 18.0 Å². The summed E-state index contributed by atoms with van der Waals surface area (Å²) in [6, 6.07) is 6.78. The van der Waals surface area contributed by atoms with E-state index in [-0.39, 0.29) is 17.5 Å². The molecular formula is C15H20N2O3S. The van der Waals surface area contributed by atoms with Crippen LogP contribution in [0.4, 0.5) is 0 Å². The number of hydrogen-bond donors (Lipinski definition) is 1. The van der Waals surface area contributed by atoms with Crippen LogP contribution in [-0.2, 0) is 14.8 Å². The quantitative estimate of drug-likeness (QED) is 0.789. The van der Waals surface area contributed by atoms with Crippen LogP contribution in [0.15, 0.2) is 29.2 Å². The molecular weight excluding hydrogens is 288 g/mol. The average molecular weight is 308 g/mol. The zero-order valence-corrected chi connectivity index (χ0v) is 12.9. The number of sulfonamides is 1. The van der Waals surface area contributed by atoms with Gasteiger partial charge in [-0.2, -0.15) is 4.31 Å². The van der Waals surface area contributed by atoms with Gasteiger partial charge in [0.1, 0.15) is 0 Å². The maximum atomic E-state index is 12.7. The van der Waals surface area contributed by atoms with Gasteiger partial charge in [-0.1, -0.05) is 17.9 Å². The van der Waals surface area contributed by atoms with Gasteiger partial charge in [0, 0.05) is 25.3 Å².